The molecule has 1 atom stereocenters. The zero-order valence-electron chi connectivity index (χ0n) is 8.51. The molecule has 0 bridgehead atoms. The van der Waals surface area contributed by atoms with Crippen LogP contribution in [0.25, 0.3) is 0 Å². The van der Waals surface area contributed by atoms with E-state index in [1.54, 1.807) is 0 Å². The molecule has 0 aromatic carbocycles. The van der Waals surface area contributed by atoms with Gasteiger partial charge in [0.05, 0.1) is 5.54 Å². The van der Waals surface area contributed by atoms with Gasteiger partial charge in [0.25, 0.3) is 0 Å². The van der Waals surface area contributed by atoms with Gasteiger partial charge in [-0.2, -0.15) is 0 Å². The van der Waals surface area contributed by atoms with E-state index >= 15 is 0 Å². The Kier molecular flexibility index (Phi) is 1.78. The van der Waals surface area contributed by atoms with Crippen molar-refractivity contribution in [1.29, 1.82) is 0 Å². The maximum absolute atomic E-state index is 2.28. The van der Waals surface area contributed by atoms with Crippen molar-refractivity contribution in [3.63, 3.8) is 0 Å². The summed E-state index contributed by atoms with van der Waals surface area (Å²) in [5.74, 6) is 0. The highest BCUT2D eigenvalue weighted by atomic mass is 15.2. The van der Waals surface area contributed by atoms with Gasteiger partial charge in [0, 0.05) is 12.4 Å². The zero-order valence-corrected chi connectivity index (χ0v) is 8.51. The second-order valence-corrected chi connectivity index (χ2v) is 3.99. The third-order valence-electron chi connectivity index (χ3n) is 3.16. The summed E-state index contributed by atoms with van der Waals surface area (Å²) in [5, 5.41) is 0. The number of hydrogen-bond acceptors (Lipinski definition) is 1. The van der Waals surface area contributed by atoms with Crippen molar-refractivity contribution in [3.8, 4) is 0 Å². The zero-order chi connectivity index (χ0) is 10.1. The maximum Gasteiger partial charge on any atom is 0.0911 e. The molecule has 0 amide bonds. The Hall–Kier alpha value is -1.76. The molecule has 15 heavy (non-hydrogen) atoms. The second kappa shape index (κ2) is 3.13. The van der Waals surface area contributed by atoms with E-state index in [-0.39, 0.29) is 5.54 Å². The lowest BCUT2D eigenvalue weighted by atomic mass is 9.80. The molecule has 0 fully saturated rings. The van der Waals surface area contributed by atoms with Crippen LogP contribution in [0.2, 0.25) is 0 Å². The molecule has 3 aliphatic rings. The fourth-order valence-corrected chi connectivity index (χ4v) is 2.36. The monoisotopic (exact) mass is 195 g/mol. The number of hydrogen-bond donors (Lipinski definition) is 0. The Labute approximate surface area is 90.1 Å². The minimum absolute atomic E-state index is 0.0208. The Bertz CT molecular complexity index is 446. The van der Waals surface area contributed by atoms with Gasteiger partial charge in [-0.05, 0) is 24.1 Å². The average Bonchev–Trinajstić information content (AvgIpc) is 2.47. The van der Waals surface area contributed by atoms with Crippen LogP contribution in [0, 0.1) is 0 Å². The molecule has 0 saturated heterocycles. The summed E-state index contributed by atoms with van der Waals surface area (Å²) in [4.78, 5) is 2.28. The number of allylic oxidation sites excluding steroid dienone is 6. The van der Waals surface area contributed by atoms with Gasteiger partial charge in [-0.3, -0.25) is 0 Å². The maximum atomic E-state index is 2.28. The lowest BCUT2D eigenvalue weighted by Crippen LogP contribution is -2.43. The SMILES string of the molecule is C1=CCC23C=CC=CN2C=CC=CC3=C1. The van der Waals surface area contributed by atoms with E-state index in [0.29, 0.717) is 0 Å². The number of nitrogens with zero attached hydrogens (tertiary/aromatic N) is 1. The molecular weight excluding hydrogens is 182 g/mol. The van der Waals surface area contributed by atoms with Gasteiger partial charge in [-0.15, -0.1) is 0 Å². The van der Waals surface area contributed by atoms with Gasteiger partial charge in [0.15, 0.2) is 0 Å². The van der Waals surface area contributed by atoms with Crippen molar-refractivity contribution in [2.75, 3.05) is 0 Å². The van der Waals surface area contributed by atoms with E-state index in [0.717, 1.165) is 6.42 Å². The van der Waals surface area contributed by atoms with E-state index < -0.39 is 0 Å². The van der Waals surface area contributed by atoms with Gasteiger partial charge in [-0.1, -0.05) is 42.5 Å². The largest absolute Gasteiger partial charge is 0.340 e. The summed E-state index contributed by atoms with van der Waals surface area (Å²) in [7, 11) is 0. The summed E-state index contributed by atoms with van der Waals surface area (Å²) < 4.78 is 0. The molecule has 3 rings (SSSR count). The summed E-state index contributed by atoms with van der Waals surface area (Å²) >= 11 is 0. The Morgan fingerprint density at radius 2 is 1.87 bits per heavy atom. The molecule has 0 aromatic rings. The fourth-order valence-electron chi connectivity index (χ4n) is 2.36. The van der Waals surface area contributed by atoms with Crippen molar-refractivity contribution in [3.05, 3.63) is 72.7 Å². The van der Waals surface area contributed by atoms with Crippen LogP contribution in [-0.4, -0.2) is 10.4 Å². The van der Waals surface area contributed by atoms with Gasteiger partial charge >= 0.3 is 0 Å². The molecule has 2 heterocycles. The van der Waals surface area contributed by atoms with Crippen LogP contribution in [0.15, 0.2) is 72.7 Å². The first-order valence-electron chi connectivity index (χ1n) is 5.28. The van der Waals surface area contributed by atoms with E-state index in [9.17, 15) is 0 Å². The van der Waals surface area contributed by atoms with Gasteiger partial charge < -0.3 is 4.90 Å². The summed E-state index contributed by atoms with van der Waals surface area (Å²) in [6.07, 6.45) is 24.8. The first kappa shape index (κ1) is 8.54. The molecule has 1 aliphatic carbocycles. The van der Waals surface area contributed by atoms with Crippen LogP contribution in [0.3, 0.4) is 0 Å². The second-order valence-electron chi connectivity index (χ2n) is 3.99. The first-order chi connectivity index (χ1) is 7.42. The Morgan fingerprint density at radius 1 is 1.00 bits per heavy atom. The van der Waals surface area contributed by atoms with E-state index in [1.807, 2.05) is 0 Å². The van der Waals surface area contributed by atoms with E-state index in [2.05, 4.69) is 72.0 Å². The number of rotatable bonds is 0. The molecule has 0 N–H and O–H groups in total. The van der Waals surface area contributed by atoms with Crippen LogP contribution >= 0.6 is 0 Å². The van der Waals surface area contributed by atoms with Crippen LogP contribution < -0.4 is 0 Å². The fraction of sp³-hybridized carbons (Fsp3) is 0.143. The molecule has 0 saturated carbocycles. The quantitative estimate of drug-likeness (QED) is 0.574. The topological polar surface area (TPSA) is 3.24 Å². The van der Waals surface area contributed by atoms with Crippen LogP contribution in [0.5, 0.6) is 0 Å². The summed E-state index contributed by atoms with van der Waals surface area (Å²) in [6.45, 7) is 0. The summed E-state index contributed by atoms with van der Waals surface area (Å²) in [5.41, 5.74) is 1.38. The molecular formula is C14H13N. The first-order valence-corrected chi connectivity index (χ1v) is 5.28. The standard InChI is InChI=1S/C14H13N/c1-3-9-14-10-4-6-12-15(14)11-5-2-8-13(14)7-1/h1-8,10-12H,9H2. The van der Waals surface area contributed by atoms with Crippen molar-refractivity contribution in [1.82, 2.24) is 4.90 Å². The smallest absolute Gasteiger partial charge is 0.0911 e. The average molecular weight is 195 g/mol. The molecule has 0 radical (unpaired) electrons. The predicted molar refractivity (Wildman–Crippen MR) is 63.0 cm³/mol. The molecule has 2 aliphatic heterocycles. The van der Waals surface area contributed by atoms with Crippen LogP contribution in [0.1, 0.15) is 6.42 Å². The Morgan fingerprint density at radius 3 is 2.80 bits per heavy atom. The lowest BCUT2D eigenvalue weighted by molar-refractivity contribution is 0.316. The molecule has 1 unspecified atom stereocenters. The van der Waals surface area contributed by atoms with Crippen LogP contribution in [0.4, 0.5) is 0 Å². The van der Waals surface area contributed by atoms with Crippen molar-refractivity contribution in [2.45, 2.75) is 12.0 Å². The third kappa shape index (κ3) is 1.16. The van der Waals surface area contributed by atoms with Crippen molar-refractivity contribution < 1.29 is 0 Å². The third-order valence-corrected chi connectivity index (χ3v) is 3.16. The molecule has 1 nitrogen and oxygen atoms in total. The van der Waals surface area contributed by atoms with Crippen molar-refractivity contribution in [2.24, 2.45) is 0 Å². The van der Waals surface area contributed by atoms with Gasteiger partial charge in [0.1, 0.15) is 0 Å². The highest BCUT2D eigenvalue weighted by molar-refractivity contribution is 5.48. The predicted octanol–water partition coefficient (Wildman–Crippen LogP) is 3.08. The van der Waals surface area contributed by atoms with Crippen LogP contribution in [-0.2, 0) is 0 Å². The minimum Gasteiger partial charge on any atom is -0.340 e. The van der Waals surface area contributed by atoms with Gasteiger partial charge in [-0.25, -0.2) is 0 Å². The van der Waals surface area contributed by atoms with Gasteiger partial charge in [0.2, 0.25) is 0 Å². The molecule has 0 aromatic heterocycles. The summed E-state index contributed by atoms with van der Waals surface area (Å²) in [6, 6.07) is 0. The minimum atomic E-state index is 0.0208. The highest BCUT2D eigenvalue weighted by Crippen LogP contribution is 2.37. The Balaban J connectivity index is 2.17. The van der Waals surface area contributed by atoms with E-state index in [1.165, 1.54) is 5.57 Å². The lowest BCUT2D eigenvalue weighted by Gasteiger charge is -2.42. The van der Waals surface area contributed by atoms with Crippen molar-refractivity contribution >= 4 is 0 Å². The molecule has 74 valence electrons. The van der Waals surface area contributed by atoms with E-state index in [4.69, 9.17) is 0 Å². The molecule has 1 spiro atoms. The molecule has 1 heteroatoms. The highest BCUT2D eigenvalue weighted by Gasteiger charge is 2.36. The normalized spacial score (nSPS) is 30.9.